The minimum atomic E-state index is -1.26. The van der Waals surface area contributed by atoms with E-state index in [0.717, 1.165) is 18.4 Å². The number of likely N-dealkylation sites (N-methyl/N-ethyl adjacent to an activating group) is 1. The molecule has 0 unspecified atom stereocenters. The summed E-state index contributed by atoms with van der Waals surface area (Å²) in [5, 5.41) is 29.2. The lowest BCUT2D eigenvalue weighted by molar-refractivity contribution is -0.134. The van der Waals surface area contributed by atoms with Crippen LogP contribution in [0.1, 0.15) is 24.5 Å². The average Bonchev–Trinajstić information content (AvgIpc) is 3.21. The lowest BCUT2D eigenvalue weighted by atomic mass is 9.80. The summed E-state index contributed by atoms with van der Waals surface area (Å²) in [4.78, 5) is 37.4. The van der Waals surface area contributed by atoms with Crippen LogP contribution < -0.4 is 5.32 Å². The van der Waals surface area contributed by atoms with Gasteiger partial charge in [-0.2, -0.15) is 0 Å². The molecule has 33 heavy (non-hydrogen) atoms. The van der Waals surface area contributed by atoms with Gasteiger partial charge in [0, 0.05) is 41.8 Å². The molecule has 3 atom stereocenters. The fourth-order valence-electron chi connectivity index (χ4n) is 4.34. The molecular formula is C24H29N3O6. The fourth-order valence-corrected chi connectivity index (χ4v) is 4.34. The van der Waals surface area contributed by atoms with Crippen molar-refractivity contribution in [1.82, 2.24) is 15.2 Å². The van der Waals surface area contributed by atoms with Crippen LogP contribution in [0.4, 0.5) is 0 Å². The molecule has 0 radical (unpaired) electrons. The van der Waals surface area contributed by atoms with E-state index in [2.05, 4.69) is 52.7 Å². The first-order valence-corrected chi connectivity index (χ1v) is 10.8. The summed E-state index contributed by atoms with van der Waals surface area (Å²) in [5.74, 6) is -2.70. The lowest BCUT2D eigenvalue weighted by Gasteiger charge is -2.39. The molecule has 4 rings (SSSR count). The van der Waals surface area contributed by atoms with Crippen LogP contribution in [-0.4, -0.2) is 75.3 Å². The Hall–Kier alpha value is -3.43. The standard InChI is InChI=1S/C20H25N3O2.C4H4O4/c1-3-14(11-24)22-20(25)13-7-16-15-5-4-6-17-19(15)12(9-21-17)8-18(16)23(2)10-13;5-3(6)1-2-4(7)8/h4-7,9,13-14,18,21,24H,3,8,10-11H2,1-2H3,(H,22,25);1-2H,(H,5,6)(H,7,8)/b;2-1-/t13-,14-,18-;/m1./s1. The lowest BCUT2D eigenvalue weighted by Crippen LogP contribution is -2.48. The maximum Gasteiger partial charge on any atom is 0.328 e. The van der Waals surface area contributed by atoms with Gasteiger partial charge in [0.1, 0.15) is 0 Å². The van der Waals surface area contributed by atoms with Gasteiger partial charge in [0.25, 0.3) is 0 Å². The number of rotatable bonds is 6. The number of hydrogen-bond donors (Lipinski definition) is 5. The SMILES string of the molecule is CC[C@H](CO)NC(=O)[C@@H]1C=C2c3cccc4[nH]cc(c34)C[C@H]2N(C)C1.O=C(O)/C=C\C(=O)O. The highest BCUT2D eigenvalue weighted by Gasteiger charge is 2.35. The van der Waals surface area contributed by atoms with Crippen LogP contribution in [0.15, 0.2) is 42.6 Å². The summed E-state index contributed by atoms with van der Waals surface area (Å²) in [6.07, 6.45) is 7.09. The maximum atomic E-state index is 12.7. The van der Waals surface area contributed by atoms with Crippen molar-refractivity contribution in [2.24, 2.45) is 5.92 Å². The molecule has 9 heteroatoms. The third kappa shape index (κ3) is 5.50. The van der Waals surface area contributed by atoms with Gasteiger partial charge in [0.15, 0.2) is 0 Å². The van der Waals surface area contributed by atoms with E-state index in [0.29, 0.717) is 24.7 Å². The number of fused-ring (bicyclic) bond motifs is 2. The number of H-pyrrole nitrogens is 1. The van der Waals surface area contributed by atoms with Crippen molar-refractivity contribution in [3.8, 4) is 0 Å². The van der Waals surface area contributed by atoms with Crippen molar-refractivity contribution in [3.63, 3.8) is 0 Å². The fraction of sp³-hybridized carbons (Fsp3) is 0.375. The van der Waals surface area contributed by atoms with E-state index in [1.807, 2.05) is 6.92 Å². The van der Waals surface area contributed by atoms with Crippen LogP contribution >= 0.6 is 0 Å². The molecule has 1 aliphatic carbocycles. The molecule has 1 aromatic heterocycles. The maximum absolute atomic E-state index is 12.7. The number of aliphatic carboxylic acids is 2. The van der Waals surface area contributed by atoms with Gasteiger partial charge in [0.05, 0.1) is 18.6 Å². The third-order valence-electron chi connectivity index (χ3n) is 6.03. The van der Waals surface area contributed by atoms with E-state index in [4.69, 9.17) is 10.2 Å². The molecule has 2 aliphatic rings. The first-order valence-electron chi connectivity index (χ1n) is 10.8. The molecule has 0 saturated carbocycles. The second-order valence-corrected chi connectivity index (χ2v) is 8.24. The molecule has 2 aromatic rings. The van der Waals surface area contributed by atoms with Crippen LogP contribution in [0.25, 0.3) is 16.5 Å². The highest BCUT2D eigenvalue weighted by atomic mass is 16.4. The van der Waals surface area contributed by atoms with E-state index >= 15 is 0 Å². The molecule has 176 valence electrons. The average molecular weight is 456 g/mol. The van der Waals surface area contributed by atoms with Crippen LogP contribution in [-0.2, 0) is 20.8 Å². The minimum absolute atomic E-state index is 0.00532. The molecule has 0 bridgehead atoms. The van der Waals surface area contributed by atoms with Crippen molar-refractivity contribution in [3.05, 3.63) is 53.8 Å². The molecule has 2 heterocycles. The Morgan fingerprint density at radius 1 is 1.24 bits per heavy atom. The Morgan fingerprint density at radius 3 is 2.55 bits per heavy atom. The van der Waals surface area contributed by atoms with Gasteiger partial charge in [-0.05, 0) is 42.7 Å². The summed E-state index contributed by atoms with van der Waals surface area (Å²) >= 11 is 0. The number of nitrogens with one attached hydrogen (secondary N) is 2. The topological polar surface area (TPSA) is 143 Å². The van der Waals surface area contributed by atoms with Gasteiger partial charge < -0.3 is 25.6 Å². The van der Waals surface area contributed by atoms with Crippen LogP contribution in [0.2, 0.25) is 0 Å². The van der Waals surface area contributed by atoms with Crippen molar-refractivity contribution in [2.75, 3.05) is 20.2 Å². The smallest absolute Gasteiger partial charge is 0.328 e. The van der Waals surface area contributed by atoms with Crippen molar-refractivity contribution in [2.45, 2.75) is 31.8 Å². The quantitative estimate of drug-likeness (QED) is 0.417. The predicted octanol–water partition coefficient (Wildman–Crippen LogP) is 1.64. The van der Waals surface area contributed by atoms with Gasteiger partial charge >= 0.3 is 11.9 Å². The number of aromatic nitrogens is 1. The molecule has 0 saturated heterocycles. The molecule has 0 spiro atoms. The zero-order valence-corrected chi connectivity index (χ0v) is 18.6. The molecule has 9 nitrogen and oxygen atoms in total. The monoisotopic (exact) mass is 455 g/mol. The number of carbonyl (C=O) groups excluding carboxylic acids is 1. The van der Waals surface area contributed by atoms with Gasteiger partial charge in [-0.15, -0.1) is 0 Å². The number of aromatic amines is 1. The number of carboxylic acid groups (broad SMARTS) is 2. The summed E-state index contributed by atoms with van der Waals surface area (Å²) in [6, 6.07) is 6.49. The Kier molecular flexibility index (Phi) is 7.67. The van der Waals surface area contributed by atoms with Gasteiger partial charge in [-0.1, -0.05) is 25.1 Å². The molecule has 1 amide bonds. The predicted molar refractivity (Wildman–Crippen MR) is 124 cm³/mol. The first kappa shape index (κ1) is 24.2. The number of nitrogens with zero attached hydrogens (tertiary/aromatic N) is 1. The first-order chi connectivity index (χ1) is 15.7. The number of carbonyl (C=O) groups is 3. The molecule has 1 aliphatic heterocycles. The Morgan fingerprint density at radius 2 is 1.94 bits per heavy atom. The number of amides is 1. The van der Waals surface area contributed by atoms with Gasteiger partial charge in [-0.25, -0.2) is 9.59 Å². The summed E-state index contributed by atoms with van der Waals surface area (Å²) in [5.41, 5.74) is 5.01. The van der Waals surface area contributed by atoms with Crippen molar-refractivity contribution in [1.29, 1.82) is 0 Å². The van der Waals surface area contributed by atoms with Crippen LogP contribution in [0, 0.1) is 5.92 Å². The third-order valence-corrected chi connectivity index (χ3v) is 6.03. The number of carboxylic acids is 2. The van der Waals surface area contributed by atoms with Crippen LogP contribution in [0.5, 0.6) is 0 Å². The van der Waals surface area contributed by atoms with Gasteiger partial charge in [-0.3, -0.25) is 9.69 Å². The number of aliphatic hydroxyl groups is 1. The van der Waals surface area contributed by atoms with E-state index in [1.165, 1.54) is 22.1 Å². The molecule has 5 N–H and O–H groups in total. The van der Waals surface area contributed by atoms with Crippen molar-refractivity contribution < 1.29 is 29.7 Å². The summed E-state index contributed by atoms with van der Waals surface area (Å²) in [7, 11) is 2.10. The summed E-state index contributed by atoms with van der Waals surface area (Å²) in [6.45, 7) is 2.66. The molecule has 1 aromatic carbocycles. The Balaban J connectivity index is 0.000000331. The highest BCUT2D eigenvalue weighted by Crippen LogP contribution is 2.40. The number of hydrogen-bond acceptors (Lipinski definition) is 5. The van der Waals surface area contributed by atoms with E-state index in [-0.39, 0.29) is 24.5 Å². The summed E-state index contributed by atoms with van der Waals surface area (Å²) < 4.78 is 0. The van der Waals surface area contributed by atoms with E-state index in [1.54, 1.807) is 0 Å². The normalized spacial score (nSPS) is 20.4. The zero-order chi connectivity index (χ0) is 24.1. The Labute approximate surface area is 191 Å². The second-order valence-electron chi connectivity index (χ2n) is 8.24. The van der Waals surface area contributed by atoms with Crippen molar-refractivity contribution >= 4 is 34.3 Å². The van der Waals surface area contributed by atoms with Crippen LogP contribution in [0.3, 0.4) is 0 Å². The molecule has 0 fully saturated rings. The van der Waals surface area contributed by atoms with E-state index in [9.17, 15) is 19.5 Å². The van der Waals surface area contributed by atoms with Gasteiger partial charge in [0.2, 0.25) is 5.91 Å². The number of benzene rings is 1. The van der Waals surface area contributed by atoms with E-state index < -0.39 is 11.9 Å². The molecular weight excluding hydrogens is 426 g/mol. The highest BCUT2D eigenvalue weighted by molar-refractivity contribution is 5.99. The second kappa shape index (κ2) is 10.5. The largest absolute Gasteiger partial charge is 0.478 e. The minimum Gasteiger partial charge on any atom is -0.478 e. The Bertz CT molecular complexity index is 1080. The number of aliphatic hydroxyl groups excluding tert-OH is 1. The zero-order valence-electron chi connectivity index (χ0n) is 18.6.